The summed E-state index contributed by atoms with van der Waals surface area (Å²) in [5, 5.41) is 2.97. The highest BCUT2D eigenvalue weighted by Crippen LogP contribution is 2.34. The van der Waals surface area contributed by atoms with E-state index in [0.717, 1.165) is 23.4 Å². The number of carbonyl (C=O) groups is 1. The van der Waals surface area contributed by atoms with Gasteiger partial charge in [0.1, 0.15) is 5.01 Å². The summed E-state index contributed by atoms with van der Waals surface area (Å²) < 4.78 is 25.3. The minimum atomic E-state index is -3.76. The highest BCUT2D eigenvalue weighted by Gasteiger charge is 2.45. The Hall–Kier alpha value is -1.77. The van der Waals surface area contributed by atoms with E-state index in [2.05, 4.69) is 30.1 Å². The standard InChI is InChI=1S/C19H25N3O3S2/c1-13-12-15(4-5-16(13)17-21-8-11-26-17)14-6-9-22(10-7-14)27(24,25)19(2,3)18(20)23/h4-5,8,11-12,14H,6-7,9-10H2,1-3H3,(H2,20,23). The van der Waals surface area contributed by atoms with E-state index < -0.39 is 20.7 Å². The van der Waals surface area contributed by atoms with Crippen LogP contribution in [0.2, 0.25) is 0 Å². The number of benzene rings is 1. The summed E-state index contributed by atoms with van der Waals surface area (Å²) >= 11 is 1.62. The van der Waals surface area contributed by atoms with Gasteiger partial charge < -0.3 is 5.73 Å². The summed E-state index contributed by atoms with van der Waals surface area (Å²) in [4.78, 5) is 15.9. The molecule has 0 radical (unpaired) electrons. The highest BCUT2D eigenvalue weighted by molar-refractivity contribution is 7.91. The Labute approximate surface area is 164 Å². The van der Waals surface area contributed by atoms with Crippen molar-refractivity contribution >= 4 is 27.3 Å². The van der Waals surface area contributed by atoms with E-state index in [0.29, 0.717) is 19.0 Å². The molecule has 6 nitrogen and oxygen atoms in total. The maximum absolute atomic E-state index is 12.7. The van der Waals surface area contributed by atoms with Gasteiger partial charge in [0.2, 0.25) is 15.9 Å². The van der Waals surface area contributed by atoms with Gasteiger partial charge in [0.05, 0.1) is 0 Å². The van der Waals surface area contributed by atoms with Crippen LogP contribution in [-0.2, 0) is 14.8 Å². The normalized spacial score (nSPS) is 17.1. The molecule has 3 rings (SSSR count). The van der Waals surface area contributed by atoms with Crippen LogP contribution in [0.15, 0.2) is 29.8 Å². The zero-order valence-electron chi connectivity index (χ0n) is 15.8. The quantitative estimate of drug-likeness (QED) is 0.825. The van der Waals surface area contributed by atoms with Gasteiger partial charge in [0.25, 0.3) is 0 Å². The van der Waals surface area contributed by atoms with Crippen LogP contribution in [0.4, 0.5) is 0 Å². The molecule has 0 unspecified atom stereocenters. The van der Waals surface area contributed by atoms with Gasteiger partial charge in [-0.2, -0.15) is 0 Å². The summed E-state index contributed by atoms with van der Waals surface area (Å²) in [6.45, 7) is 5.62. The molecule has 0 saturated carbocycles. The first-order valence-corrected chi connectivity index (χ1v) is 11.3. The van der Waals surface area contributed by atoms with Crippen LogP contribution >= 0.6 is 11.3 Å². The zero-order chi connectivity index (χ0) is 19.8. The number of hydrogen-bond acceptors (Lipinski definition) is 5. The van der Waals surface area contributed by atoms with Crippen LogP contribution in [0.3, 0.4) is 0 Å². The molecule has 8 heteroatoms. The van der Waals surface area contributed by atoms with Crippen LogP contribution < -0.4 is 5.73 Å². The lowest BCUT2D eigenvalue weighted by Gasteiger charge is -2.35. The number of rotatable bonds is 5. The first kappa shape index (κ1) is 20.0. The predicted molar refractivity (Wildman–Crippen MR) is 108 cm³/mol. The highest BCUT2D eigenvalue weighted by atomic mass is 32.2. The number of primary amides is 1. The van der Waals surface area contributed by atoms with Crippen molar-refractivity contribution in [3.63, 3.8) is 0 Å². The molecule has 0 spiro atoms. The molecule has 27 heavy (non-hydrogen) atoms. The summed E-state index contributed by atoms with van der Waals surface area (Å²) in [6.07, 6.45) is 3.26. The molecule has 0 aliphatic carbocycles. The Morgan fingerprint density at radius 1 is 1.30 bits per heavy atom. The number of aryl methyl sites for hydroxylation is 1. The molecule has 1 saturated heterocycles. The fourth-order valence-electron chi connectivity index (χ4n) is 3.42. The molecule has 0 bridgehead atoms. The Morgan fingerprint density at radius 3 is 2.48 bits per heavy atom. The van der Waals surface area contributed by atoms with Crippen molar-refractivity contribution in [3.8, 4) is 10.6 Å². The molecule has 146 valence electrons. The topological polar surface area (TPSA) is 93.4 Å². The fraction of sp³-hybridized carbons (Fsp3) is 0.474. The molecule has 1 aromatic heterocycles. The Morgan fingerprint density at radius 2 is 1.96 bits per heavy atom. The van der Waals surface area contributed by atoms with Gasteiger partial charge in [-0.3, -0.25) is 4.79 Å². The monoisotopic (exact) mass is 407 g/mol. The lowest BCUT2D eigenvalue weighted by Crippen LogP contribution is -2.53. The zero-order valence-corrected chi connectivity index (χ0v) is 17.4. The number of thiazole rings is 1. The van der Waals surface area contributed by atoms with Crippen LogP contribution in [0.25, 0.3) is 10.6 Å². The number of hydrogen-bond donors (Lipinski definition) is 1. The summed E-state index contributed by atoms with van der Waals surface area (Å²) in [6, 6.07) is 6.40. The van der Waals surface area contributed by atoms with E-state index >= 15 is 0 Å². The Kier molecular flexibility index (Phi) is 5.42. The minimum Gasteiger partial charge on any atom is -0.368 e. The lowest BCUT2D eigenvalue weighted by atomic mass is 9.88. The SMILES string of the molecule is Cc1cc(C2CCN(S(=O)(=O)C(C)(C)C(N)=O)CC2)ccc1-c1nccs1. The number of nitrogens with two attached hydrogens (primary N) is 1. The number of aromatic nitrogens is 1. The second-order valence-electron chi connectivity index (χ2n) is 7.46. The molecule has 1 aromatic carbocycles. The van der Waals surface area contributed by atoms with Crippen LogP contribution in [0.1, 0.15) is 43.7 Å². The number of amides is 1. The van der Waals surface area contributed by atoms with Gasteiger partial charge in [0, 0.05) is 30.2 Å². The van der Waals surface area contributed by atoms with E-state index in [4.69, 9.17) is 5.73 Å². The summed E-state index contributed by atoms with van der Waals surface area (Å²) in [7, 11) is -3.76. The van der Waals surface area contributed by atoms with Gasteiger partial charge in [-0.15, -0.1) is 11.3 Å². The maximum atomic E-state index is 12.7. The molecule has 1 fully saturated rings. The number of sulfonamides is 1. The molecule has 1 amide bonds. The average molecular weight is 408 g/mol. The third-order valence-corrected chi connectivity index (χ3v) is 8.76. The van der Waals surface area contributed by atoms with Gasteiger partial charge in [-0.1, -0.05) is 18.2 Å². The average Bonchev–Trinajstić information content (AvgIpc) is 3.15. The van der Waals surface area contributed by atoms with Gasteiger partial charge >= 0.3 is 0 Å². The number of carbonyl (C=O) groups excluding carboxylic acids is 1. The Balaban J connectivity index is 1.73. The minimum absolute atomic E-state index is 0.303. The van der Waals surface area contributed by atoms with Crippen molar-refractivity contribution in [2.45, 2.75) is 44.3 Å². The first-order chi connectivity index (χ1) is 12.6. The number of nitrogens with zero attached hydrogens (tertiary/aromatic N) is 2. The van der Waals surface area contributed by atoms with Gasteiger partial charge in [-0.25, -0.2) is 17.7 Å². The fourth-order valence-corrected chi connectivity index (χ4v) is 5.74. The summed E-state index contributed by atoms with van der Waals surface area (Å²) in [5.41, 5.74) is 8.83. The maximum Gasteiger partial charge on any atom is 0.239 e. The van der Waals surface area contributed by atoms with E-state index in [1.54, 1.807) is 17.5 Å². The number of piperidine rings is 1. The van der Waals surface area contributed by atoms with Crippen molar-refractivity contribution in [1.29, 1.82) is 0 Å². The molecule has 1 aliphatic rings. The third kappa shape index (κ3) is 3.66. The lowest BCUT2D eigenvalue weighted by molar-refractivity contribution is -0.119. The largest absolute Gasteiger partial charge is 0.368 e. The van der Waals surface area contributed by atoms with Gasteiger partial charge in [-0.05, 0) is 50.7 Å². The van der Waals surface area contributed by atoms with Crippen molar-refractivity contribution in [2.75, 3.05) is 13.1 Å². The molecular weight excluding hydrogens is 382 g/mol. The molecule has 2 heterocycles. The molecule has 0 atom stereocenters. The predicted octanol–water partition coefficient (Wildman–Crippen LogP) is 2.89. The van der Waals surface area contributed by atoms with E-state index in [-0.39, 0.29) is 0 Å². The van der Waals surface area contributed by atoms with Crippen LogP contribution in [0.5, 0.6) is 0 Å². The molecular formula is C19H25N3O3S2. The van der Waals surface area contributed by atoms with Crippen molar-refractivity contribution < 1.29 is 13.2 Å². The van der Waals surface area contributed by atoms with Crippen LogP contribution in [0, 0.1) is 6.92 Å². The van der Waals surface area contributed by atoms with E-state index in [9.17, 15) is 13.2 Å². The van der Waals surface area contributed by atoms with Crippen molar-refractivity contribution in [3.05, 3.63) is 40.9 Å². The second-order valence-corrected chi connectivity index (χ2v) is 10.8. The molecule has 1 aliphatic heterocycles. The second kappa shape index (κ2) is 7.33. The Bertz CT molecular complexity index is 929. The smallest absolute Gasteiger partial charge is 0.239 e. The van der Waals surface area contributed by atoms with Crippen molar-refractivity contribution in [2.24, 2.45) is 5.73 Å². The van der Waals surface area contributed by atoms with Crippen molar-refractivity contribution in [1.82, 2.24) is 9.29 Å². The van der Waals surface area contributed by atoms with E-state index in [1.165, 1.54) is 29.3 Å². The third-order valence-electron chi connectivity index (χ3n) is 5.42. The summed E-state index contributed by atoms with van der Waals surface area (Å²) in [5.74, 6) is -0.518. The van der Waals surface area contributed by atoms with Crippen LogP contribution in [-0.4, -0.2) is 41.5 Å². The molecule has 2 N–H and O–H groups in total. The van der Waals surface area contributed by atoms with E-state index in [1.807, 2.05) is 5.38 Å². The first-order valence-electron chi connectivity index (χ1n) is 8.94. The van der Waals surface area contributed by atoms with Gasteiger partial charge in [0.15, 0.2) is 4.75 Å². The molecule has 2 aromatic rings.